The van der Waals surface area contributed by atoms with Crippen LogP contribution in [0.4, 0.5) is 0 Å². The predicted molar refractivity (Wildman–Crippen MR) is 37.0 cm³/mol. The number of rotatable bonds is 3. The topological polar surface area (TPSA) is 26.3 Å². The number of methoxy groups -OCH3 is 1. The molecule has 0 bridgehead atoms. The summed E-state index contributed by atoms with van der Waals surface area (Å²) in [6, 6.07) is 0. The van der Waals surface area contributed by atoms with Gasteiger partial charge < -0.3 is 42.6 Å². The van der Waals surface area contributed by atoms with Gasteiger partial charge in [0.15, 0.2) is 0 Å². The van der Waals surface area contributed by atoms with Gasteiger partial charge in [0.05, 0.1) is 0 Å². The molecule has 0 aliphatic heterocycles. The second kappa shape index (κ2) is 30.2. The summed E-state index contributed by atoms with van der Waals surface area (Å²) in [5, 5.41) is 0. The van der Waals surface area contributed by atoms with Gasteiger partial charge in [-0.2, -0.15) is 0 Å². The molecule has 11 heavy (non-hydrogen) atoms. The molecule has 0 aromatic heterocycles. The fourth-order valence-corrected chi connectivity index (χ4v) is 0.144. The zero-order valence-electron chi connectivity index (χ0n) is 6.71. The van der Waals surface area contributed by atoms with Crippen molar-refractivity contribution in [3.05, 3.63) is 20.3 Å². The van der Waals surface area contributed by atoms with Gasteiger partial charge in [-0.25, -0.2) is 0 Å². The van der Waals surface area contributed by atoms with Crippen LogP contribution in [0.15, 0.2) is 0 Å². The van der Waals surface area contributed by atoms with Gasteiger partial charge in [-0.1, -0.05) is 6.47 Å². The minimum absolute atomic E-state index is 0. The number of hydrogen-bond acceptors (Lipinski definition) is 2. The largest absolute Gasteiger partial charge is 2.00 e. The SMILES string of the molecule is CO[C-]=O.[CH2-]C[CH-]C[CH2-].[W+2].[Y]. The summed E-state index contributed by atoms with van der Waals surface area (Å²) in [5.74, 6) is 0. The third-order valence-corrected chi connectivity index (χ3v) is 0.492. The number of ether oxygens (including phenoxy) is 1. The minimum Gasteiger partial charge on any atom is -0.655 e. The first kappa shape index (κ1) is 22.8. The van der Waals surface area contributed by atoms with Crippen molar-refractivity contribution in [1.29, 1.82) is 0 Å². The van der Waals surface area contributed by atoms with Crippen LogP contribution >= 0.6 is 0 Å². The second-order valence-electron chi connectivity index (χ2n) is 1.15. The number of unbranched alkanes of at least 4 members (excludes halogenated alkanes) is 2. The minimum atomic E-state index is 0. The van der Waals surface area contributed by atoms with Gasteiger partial charge in [0, 0.05) is 39.8 Å². The van der Waals surface area contributed by atoms with Crippen LogP contribution in [0.3, 0.4) is 0 Å². The summed E-state index contributed by atoms with van der Waals surface area (Å²) < 4.78 is 3.74. The molecule has 63 valence electrons. The molecule has 0 saturated carbocycles. The molecule has 4 heteroatoms. The Kier molecular flexibility index (Phi) is 62.6. The van der Waals surface area contributed by atoms with E-state index in [2.05, 4.69) is 18.6 Å². The molecule has 0 aliphatic carbocycles. The maximum Gasteiger partial charge on any atom is 2.00 e. The summed E-state index contributed by atoms with van der Waals surface area (Å²) in [7, 11) is 1.26. The molecule has 0 amide bonds. The molecular formula is C7H12O2WY-2. The second-order valence-corrected chi connectivity index (χ2v) is 1.15. The summed E-state index contributed by atoms with van der Waals surface area (Å²) >= 11 is 0. The van der Waals surface area contributed by atoms with Gasteiger partial charge in [-0.3, -0.25) is 0 Å². The zero-order valence-corrected chi connectivity index (χ0v) is 12.5. The Morgan fingerprint density at radius 1 is 1.45 bits per heavy atom. The van der Waals surface area contributed by atoms with Crippen molar-refractivity contribution in [2.24, 2.45) is 0 Å². The van der Waals surface area contributed by atoms with Crippen molar-refractivity contribution in [2.45, 2.75) is 12.8 Å². The van der Waals surface area contributed by atoms with Gasteiger partial charge in [-0.05, 0) is 0 Å². The molecule has 0 rings (SSSR count). The van der Waals surface area contributed by atoms with E-state index < -0.39 is 0 Å². The van der Waals surface area contributed by atoms with Gasteiger partial charge >= 0.3 is 21.1 Å². The Labute approximate surface area is 109 Å². The normalized spacial score (nSPS) is 5.73. The standard InChI is InChI=1S/C5H9.C2H3O2.W.Y/c1-3-5-4-2;1-4-2-3;;/h5H,1-4H2;1H3;;/q-3;-1;+2;. The van der Waals surface area contributed by atoms with E-state index in [-0.39, 0.29) is 53.8 Å². The average molecular weight is 401 g/mol. The van der Waals surface area contributed by atoms with E-state index in [4.69, 9.17) is 4.79 Å². The van der Waals surface area contributed by atoms with Gasteiger partial charge in [-0.15, -0.1) is 0 Å². The van der Waals surface area contributed by atoms with Crippen LogP contribution < -0.4 is 0 Å². The zero-order chi connectivity index (χ0) is 7.54. The molecule has 0 atom stereocenters. The van der Waals surface area contributed by atoms with Crippen LogP contribution in [0.25, 0.3) is 0 Å². The van der Waals surface area contributed by atoms with E-state index in [9.17, 15) is 0 Å². The van der Waals surface area contributed by atoms with Crippen molar-refractivity contribution in [1.82, 2.24) is 0 Å². The summed E-state index contributed by atoms with van der Waals surface area (Å²) in [5.41, 5.74) is 0. The molecule has 0 heterocycles. The van der Waals surface area contributed by atoms with E-state index in [1.807, 2.05) is 6.42 Å². The first-order chi connectivity index (χ1) is 4.33. The third kappa shape index (κ3) is 53.2. The maximum atomic E-state index is 8.83. The van der Waals surface area contributed by atoms with E-state index in [0.717, 1.165) is 12.8 Å². The van der Waals surface area contributed by atoms with Crippen LogP contribution in [-0.4, -0.2) is 13.6 Å². The molecule has 0 fully saturated rings. The van der Waals surface area contributed by atoms with Crippen LogP contribution in [-0.2, 0) is 63.3 Å². The Morgan fingerprint density at radius 3 is 1.73 bits per heavy atom. The molecule has 0 spiro atoms. The molecule has 2 nitrogen and oxygen atoms in total. The summed E-state index contributed by atoms with van der Waals surface area (Å²) in [6.07, 6.45) is 3.84. The van der Waals surface area contributed by atoms with Crippen molar-refractivity contribution in [2.75, 3.05) is 7.11 Å². The molecule has 0 saturated heterocycles. The van der Waals surface area contributed by atoms with Gasteiger partial charge in [0.25, 0.3) is 0 Å². The quantitative estimate of drug-likeness (QED) is 0.668. The number of hydrogen-bond donors (Lipinski definition) is 0. The van der Waals surface area contributed by atoms with Gasteiger partial charge in [0.2, 0.25) is 0 Å². The van der Waals surface area contributed by atoms with Crippen molar-refractivity contribution in [3.8, 4) is 0 Å². The molecule has 0 aromatic rings. The Bertz CT molecular complexity index is 51.7. The van der Waals surface area contributed by atoms with Crippen LogP contribution in [0, 0.1) is 20.3 Å². The van der Waals surface area contributed by atoms with Crippen LogP contribution in [0.1, 0.15) is 12.8 Å². The van der Waals surface area contributed by atoms with Crippen LogP contribution in [0.5, 0.6) is 0 Å². The Morgan fingerprint density at radius 2 is 1.73 bits per heavy atom. The van der Waals surface area contributed by atoms with Crippen LogP contribution in [0.2, 0.25) is 0 Å². The molecule has 1 radical (unpaired) electrons. The first-order valence-corrected chi connectivity index (χ1v) is 2.63. The van der Waals surface area contributed by atoms with E-state index in [1.165, 1.54) is 13.6 Å². The van der Waals surface area contributed by atoms with E-state index >= 15 is 0 Å². The van der Waals surface area contributed by atoms with Gasteiger partial charge in [0.1, 0.15) is 0 Å². The predicted octanol–water partition coefficient (Wildman–Crippen LogP) is 1.33. The first-order valence-electron chi connectivity index (χ1n) is 2.63. The Balaban J connectivity index is -0.0000000383. The fourth-order valence-electron chi connectivity index (χ4n) is 0.144. The molecule has 0 unspecified atom stereocenters. The van der Waals surface area contributed by atoms with E-state index in [0.29, 0.717) is 0 Å². The molecule has 0 N–H and O–H groups in total. The van der Waals surface area contributed by atoms with Crippen molar-refractivity contribution in [3.63, 3.8) is 0 Å². The fraction of sp³-hybridized carbons (Fsp3) is 0.429. The summed E-state index contributed by atoms with van der Waals surface area (Å²) in [4.78, 5) is 8.83. The average Bonchev–Trinajstić information content (AvgIpc) is 1.91. The van der Waals surface area contributed by atoms with Crippen molar-refractivity contribution < 1.29 is 63.3 Å². The van der Waals surface area contributed by atoms with Crippen molar-refractivity contribution >= 4 is 6.47 Å². The smallest absolute Gasteiger partial charge is 0.655 e. The molecule has 0 aromatic carbocycles. The molecule has 0 aliphatic rings. The third-order valence-electron chi connectivity index (χ3n) is 0.492. The monoisotopic (exact) mass is 401 g/mol. The Hall–Kier alpha value is 1.26. The number of carbonyl (C=O) groups excluding carboxylic acids is 1. The van der Waals surface area contributed by atoms with E-state index in [1.54, 1.807) is 0 Å². The maximum absolute atomic E-state index is 8.83. The summed E-state index contributed by atoms with van der Waals surface area (Å²) in [6.45, 7) is 8.34. The molecular weight excluding hydrogens is 389 g/mol.